The quantitative estimate of drug-likeness (QED) is 0.739. The van der Waals surface area contributed by atoms with Crippen LogP contribution >= 0.6 is 0 Å². The molecule has 3 N–H and O–H groups in total. The Morgan fingerprint density at radius 2 is 1.96 bits per heavy atom. The minimum atomic E-state index is -0.598. The molecule has 3 atom stereocenters. The first-order valence-corrected chi connectivity index (χ1v) is 9.00. The van der Waals surface area contributed by atoms with Crippen LogP contribution in [0, 0.1) is 12.8 Å². The molecule has 3 rings (SSSR count). The molecule has 1 aromatic carbocycles. The van der Waals surface area contributed by atoms with Crippen LogP contribution in [0.25, 0.3) is 0 Å². The molecule has 0 unspecified atom stereocenters. The highest BCUT2D eigenvalue weighted by Crippen LogP contribution is 2.24. The number of amides is 1. The normalized spacial score (nSPS) is 27.5. The number of carbonyl (C=O) groups excluding carboxylic acids is 1. The molecule has 1 amide bonds. The van der Waals surface area contributed by atoms with Crippen LogP contribution in [0.4, 0.5) is 0 Å². The van der Waals surface area contributed by atoms with E-state index in [1.54, 1.807) is 0 Å². The lowest BCUT2D eigenvalue weighted by Gasteiger charge is -2.20. The maximum Gasteiger partial charge on any atom is 0.223 e. The van der Waals surface area contributed by atoms with Gasteiger partial charge in [-0.15, -0.1) is 0 Å². The van der Waals surface area contributed by atoms with Crippen molar-refractivity contribution < 1.29 is 14.6 Å². The lowest BCUT2D eigenvalue weighted by molar-refractivity contribution is -0.125. The summed E-state index contributed by atoms with van der Waals surface area (Å²) in [6.07, 6.45) is 3.34. The number of hydrogen-bond donors (Lipinski definition) is 3. The molecule has 2 aliphatic rings. The molecule has 0 spiro atoms. The standard InChI is InChI=1S/C19H28N2O3/c1-13-6-8-14(9-7-13)10-20-16-12-24-17(18(16)22)11-21-19(23)15-4-2-3-5-15/h6-9,15-18,20,22H,2-5,10-12H2,1H3,(H,21,23)/t16-,17-,18+/m1/s1. The van der Waals surface area contributed by atoms with E-state index < -0.39 is 6.10 Å². The highest BCUT2D eigenvalue weighted by Gasteiger charge is 2.36. The van der Waals surface area contributed by atoms with Crippen LogP contribution in [0.1, 0.15) is 36.8 Å². The molecule has 5 heteroatoms. The fourth-order valence-corrected chi connectivity index (χ4v) is 3.53. The smallest absolute Gasteiger partial charge is 0.223 e. The number of benzene rings is 1. The van der Waals surface area contributed by atoms with Gasteiger partial charge in [0.1, 0.15) is 6.10 Å². The largest absolute Gasteiger partial charge is 0.389 e. The van der Waals surface area contributed by atoms with Crippen LogP contribution < -0.4 is 10.6 Å². The van der Waals surface area contributed by atoms with Crippen LogP contribution in [0.15, 0.2) is 24.3 Å². The fourth-order valence-electron chi connectivity index (χ4n) is 3.53. The average Bonchev–Trinajstić information content (AvgIpc) is 3.23. The topological polar surface area (TPSA) is 70.6 Å². The maximum atomic E-state index is 12.1. The summed E-state index contributed by atoms with van der Waals surface area (Å²) >= 11 is 0. The van der Waals surface area contributed by atoms with Crippen molar-refractivity contribution in [1.82, 2.24) is 10.6 Å². The van der Waals surface area contributed by atoms with Crippen molar-refractivity contribution >= 4 is 5.91 Å². The van der Waals surface area contributed by atoms with Crippen molar-refractivity contribution in [3.8, 4) is 0 Å². The number of aliphatic hydroxyl groups is 1. The lowest BCUT2D eigenvalue weighted by Crippen LogP contribution is -2.45. The third-order valence-corrected chi connectivity index (χ3v) is 5.18. The van der Waals surface area contributed by atoms with Gasteiger partial charge in [0.25, 0.3) is 0 Å². The Bertz CT molecular complexity index is 540. The number of nitrogens with one attached hydrogen (secondary N) is 2. The molecule has 0 radical (unpaired) electrons. The van der Waals surface area contributed by atoms with Gasteiger partial charge in [0, 0.05) is 19.0 Å². The zero-order valence-corrected chi connectivity index (χ0v) is 14.3. The van der Waals surface area contributed by atoms with E-state index in [0.717, 1.165) is 25.7 Å². The summed E-state index contributed by atoms with van der Waals surface area (Å²) in [6.45, 7) is 3.62. The van der Waals surface area contributed by atoms with E-state index in [9.17, 15) is 9.90 Å². The lowest BCUT2D eigenvalue weighted by atomic mass is 10.1. The second-order valence-electron chi connectivity index (χ2n) is 7.06. The Kier molecular flexibility index (Phi) is 5.87. The molecule has 24 heavy (non-hydrogen) atoms. The first kappa shape index (κ1) is 17.4. The minimum Gasteiger partial charge on any atom is -0.389 e. The molecule has 5 nitrogen and oxygen atoms in total. The number of aryl methyl sites for hydroxylation is 1. The van der Waals surface area contributed by atoms with E-state index in [0.29, 0.717) is 19.7 Å². The van der Waals surface area contributed by atoms with Gasteiger partial charge in [-0.05, 0) is 25.3 Å². The van der Waals surface area contributed by atoms with Crippen molar-refractivity contribution in [2.24, 2.45) is 5.92 Å². The molecule has 1 aromatic rings. The molecular formula is C19H28N2O3. The van der Waals surface area contributed by atoms with Gasteiger partial charge in [-0.2, -0.15) is 0 Å². The van der Waals surface area contributed by atoms with Crippen LogP contribution in [0.5, 0.6) is 0 Å². The first-order chi connectivity index (χ1) is 11.6. The Morgan fingerprint density at radius 3 is 2.67 bits per heavy atom. The van der Waals surface area contributed by atoms with Crippen molar-refractivity contribution in [3.63, 3.8) is 0 Å². The molecule has 132 valence electrons. The summed E-state index contributed by atoms with van der Waals surface area (Å²) in [6, 6.07) is 8.24. The Hall–Kier alpha value is -1.43. The summed E-state index contributed by atoms with van der Waals surface area (Å²) in [5.41, 5.74) is 2.42. The van der Waals surface area contributed by atoms with Crippen LogP contribution in [0.3, 0.4) is 0 Å². The SMILES string of the molecule is Cc1ccc(CN[C@@H]2CO[C@H](CNC(=O)C3CCCC3)[C@H]2O)cc1. The Morgan fingerprint density at radius 1 is 1.25 bits per heavy atom. The van der Waals surface area contributed by atoms with E-state index in [1.165, 1.54) is 11.1 Å². The summed E-state index contributed by atoms with van der Waals surface area (Å²) < 4.78 is 5.67. The fraction of sp³-hybridized carbons (Fsp3) is 0.632. The first-order valence-electron chi connectivity index (χ1n) is 9.00. The second-order valence-corrected chi connectivity index (χ2v) is 7.06. The molecule has 2 fully saturated rings. The van der Waals surface area contributed by atoms with Gasteiger partial charge < -0.3 is 20.5 Å². The molecule has 1 saturated carbocycles. The average molecular weight is 332 g/mol. The maximum absolute atomic E-state index is 12.1. The Balaban J connectivity index is 1.41. The van der Waals surface area contributed by atoms with Gasteiger partial charge >= 0.3 is 0 Å². The van der Waals surface area contributed by atoms with Gasteiger partial charge in [-0.3, -0.25) is 4.79 Å². The summed E-state index contributed by atoms with van der Waals surface area (Å²) in [5.74, 6) is 0.262. The molecule has 1 aliphatic carbocycles. The molecule has 1 aliphatic heterocycles. The number of hydrogen-bond acceptors (Lipinski definition) is 4. The number of ether oxygens (including phenoxy) is 1. The second kappa shape index (κ2) is 8.10. The van der Waals surface area contributed by atoms with Crippen LogP contribution in [-0.2, 0) is 16.1 Å². The number of aliphatic hydroxyl groups excluding tert-OH is 1. The summed E-state index contributed by atoms with van der Waals surface area (Å²) in [4.78, 5) is 12.1. The van der Waals surface area contributed by atoms with E-state index in [2.05, 4.69) is 41.8 Å². The predicted octanol–water partition coefficient (Wildman–Crippen LogP) is 1.52. The van der Waals surface area contributed by atoms with Crippen molar-refractivity contribution in [2.45, 2.75) is 57.4 Å². The number of rotatable bonds is 6. The Labute approximate surface area is 143 Å². The predicted molar refractivity (Wildman–Crippen MR) is 92.5 cm³/mol. The van der Waals surface area contributed by atoms with Crippen LogP contribution in [-0.4, -0.2) is 42.4 Å². The zero-order valence-electron chi connectivity index (χ0n) is 14.3. The summed E-state index contributed by atoms with van der Waals surface area (Å²) in [7, 11) is 0. The van der Waals surface area contributed by atoms with Crippen molar-refractivity contribution in [2.75, 3.05) is 13.2 Å². The monoisotopic (exact) mass is 332 g/mol. The van der Waals surface area contributed by atoms with E-state index in [1.807, 2.05) is 0 Å². The van der Waals surface area contributed by atoms with Crippen LogP contribution in [0.2, 0.25) is 0 Å². The zero-order chi connectivity index (χ0) is 16.9. The number of carbonyl (C=O) groups is 1. The van der Waals surface area contributed by atoms with Gasteiger partial charge in [0.05, 0.1) is 18.8 Å². The van der Waals surface area contributed by atoms with Gasteiger partial charge in [-0.1, -0.05) is 42.7 Å². The van der Waals surface area contributed by atoms with Gasteiger partial charge in [-0.25, -0.2) is 0 Å². The summed E-state index contributed by atoms with van der Waals surface area (Å²) in [5, 5.41) is 16.7. The molecule has 0 aromatic heterocycles. The molecule has 1 heterocycles. The third kappa shape index (κ3) is 4.35. The van der Waals surface area contributed by atoms with Crippen molar-refractivity contribution in [1.29, 1.82) is 0 Å². The molecule has 0 bridgehead atoms. The molecule has 1 saturated heterocycles. The minimum absolute atomic E-state index is 0.0975. The van der Waals surface area contributed by atoms with Gasteiger partial charge in [0.2, 0.25) is 5.91 Å². The van der Waals surface area contributed by atoms with E-state index in [4.69, 9.17) is 4.74 Å². The van der Waals surface area contributed by atoms with E-state index in [-0.39, 0.29) is 24.0 Å². The highest BCUT2D eigenvalue weighted by atomic mass is 16.5. The van der Waals surface area contributed by atoms with Gasteiger partial charge in [0.15, 0.2) is 0 Å². The molecular weight excluding hydrogens is 304 g/mol. The van der Waals surface area contributed by atoms with Crippen molar-refractivity contribution in [3.05, 3.63) is 35.4 Å². The van der Waals surface area contributed by atoms with E-state index >= 15 is 0 Å². The third-order valence-electron chi connectivity index (χ3n) is 5.18. The highest BCUT2D eigenvalue weighted by molar-refractivity contribution is 5.78.